The Balaban J connectivity index is 2.20. The van der Waals surface area contributed by atoms with Crippen LogP contribution in [0.15, 0.2) is 47.4 Å². The lowest BCUT2D eigenvalue weighted by Crippen LogP contribution is -2.30. The third-order valence-corrected chi connectivity index (χ3v) is 6.61. The number of amides is 1. The number of benzene rings is 2. The summed E-state index contributed by atoms with van der Waals surface area (Å²) in [5, 5.41) is 5.54. The molecule has 0 unspecified atom stereocenters. The van der Waals surface area contributed by atoms with Crippen LogP contribution in [0, 0.1) is 0 Å². The second-order valence-electron chi connectivity index (χ2n) is 6.39. The second-order valence-corrected chi connectivity index (χ2v) is 8.33. The Bertz CT molecular complexity index is 1040. The Hall–Kier alpha value is -3.11. The van der Waals surface area contributed by atoms with Crippen LogP contribution in [0.2, 0.25) is 0 Å². The molecular weight excluding hydrogens is 422 g/mol. The third kappa shape index (κ3) is 5.74. The van der Waals surface area contributed by atoms with Gasteiger partial charge >= 0.3 is 5.97 Å². The first kappa shape index (κ1) is 24.2. The number of anilines is 2. The van der Waals surface area contributed by atoms with E-state index in [9.17, 15) is 18.0 Å². The molecule has 9 nitrogen and oxygen atoms in total. The lowest BCUT2D eigenvalue weighted by atomic mass is 10.2. The van der Waals surface area contributed by atoms with E-state index < -0.39 is 21.9 Å². The van der Waals surface area contributed by atoms with Crippen LogP contribution < -0.4 is 15.4 Å². The van der Waals surface area contributed by atoms with Crippen molar-refractivity contribution in [3.05, 3.63) is 48.0 Å². The molecule has 0 atom stereocenters. The molecule has 2 N–H and O–H groups in total. The quantitative estimate of drug-likeness (QED) is 0.536. The van der Waals surface area contributed by atoms with Gasteiger partial charge in [-0.3, -0.25) is 4.79 Å². The number of rotatable bonds is 10. The van der Waals surface area contributed by atoms with Gasteiger partial charge in [0.2, 0.25) is 15.9 Å². The molecule has 0 heterocycles. The summed E-state index contributed by atoms with van der Waals surface area (Å²) in [5.74, 6) is -0.614. The average molecular weight is 450 g/mol. The summed E-state index contributed by atoms with van der Waals surface area (Å²) in [6, 6.07) is 10.9. The highest BCUT2D eigenvalue weighted by Gasteiger charge is 2.23. The van der Waals surface area contributed by atoms with E-state index in [-0.39, 0.29) is 17.0 Å². The van der Waals surface area contributed by atoms with E-state index in [4.69, 9.17) is 9.47 Å². The van der Waals surface area contributed by atoms with E-state index in [0.717, 1.165) is 0 Å². The van der Waals surface area contributed by atoms with Crippen LogP contribution in [0.1, 0.15) is 24.2 Å². The van der Waals surface area contributed by atoms with Crippen molar-refractivity contribution >= 4 is 33.3 Å². The van der Waals surface area contributed by atoms with Crippen molar-refractivity contribution in [3.63, 3.8) is 0 Å². The van der Waals surface area contributed by atoms with E-state index in [0.29, 0.717) is 30.2 Å². The topological polar surface area (TPSA) is 114 Å². The molecule has 2 rings (SSSR count). The van der Waals surface area contributed by atoms with Gasteiger partial charge in [0.05, 0.1) is 42.6 Å². The number of hydrogen-bond acceptors (Lipinski definition) is 7. The molecule has 0 aliphatic carbocycles. The first-order chi connectivity index (χ1) is 14.8. The lowest BCUT2D eigenvalue weighted by Gasteiger charge is -2.20. The Kier molecular flexibility index (Phi) is 8.40. The molecule has 168 valence electrons. The highest BCUT2D eigenvalue weighted by molar-refractivity contribution is 7.89. The Morgan fingerprint density at radius 3 is 2.29 bits per heavy atom. The van der Waals surface area contributed by atoms with Crippen molar-refractivity contribution in [2.45, 2.75) is 18.7 Å². The maximum atomic E-state index is 12.8. The fourth-order valence-corrected chi connectivity index (χ4v) is 4.43. The monoisotopic (exact) mass is 449 g/mol. The summed E-state index contributed by atoms with van der Waals surface area (Å²) < 4.78 is 36.9. The second kappa shape index (κ2) is 10.8. The third-order valence-electron chi connectivity index (χ3n) is 4.56. The van der Waals surface area contributed by atoms with Gasteiger partial charge in [0.25, 0.3) is 0 Å². The van der Waals surface area contributed by atoms with Crippen molar-refractivity contribution in [2.24, 2.45) is 0 Å². The van der Waals surface area contributed by atoms with Crippen LogP contribution in [-0.2, 0) is 19.6 Å². The van der Waals surface area contributed by atoms with E-state index >= 15 is 0 Å². The molecule has 0 spiro atoms. The standard InChI is InChI=1S/C21H27N3O6S/c1-5-24(6-2)31(27,28)15-11-12-19(29-3)18(13-15)22-14-20(25)23-17-10-8-7-9-16(17)21(26)30-4/h7-13,22H,5-6,14H2,1-4H3,(H,23,25). The number of hydrogen-bond donors (Lipinski definition) is 2. The smallest absolute Gasteiger partial charge is 0.339 e. The number of sulfonamides is 1. The molecule has 0 saturated carbocycles. The molecule has 1 amide bonds. The van der Waals surface area contributed by atoms with E-state index in [1.54, 1.807) is 38.1 Å². The number of methoxy groups -OCH3 is 2. The zero-order valence-electron chi connectivity index (χ0n) is 18.0. The summed E-state index contributed by atoms with van der Waals surface area (Å²) in [6.45, 7) is 4.03. The molecule has 0 aliphatic heterocycles. The molecule has 0 bridgehead atoms. The number of nitrogens with one attached hydrogen (secondary N) is 2. The van der Waals surface area contributed by atoms with Gasteiger partial charge in [-0.25, -0.2) is 13.2 Å². The summed E-state index contributed by atoms with van der Waals surface area (Å²) in [4.78, 5) is 24.4. The summed E-state index contributed by atoms with van der Waals surface area (Å²) >= 11 is 0. The highest BCUT2D eigenvalue weighted by Crippen LogP contribution is 2.29. The van der Waals surface area contributed by atoms with Gasteiger partial charge in [-0.05, 0) is 30.3 Å². The van der Waals surface area contributed by atoms with Gasteiger partial charge in [-0.15, -0.1) is 0 Å². The molecule has 0 aliphatic rings. The lowest BCUT2D eigenvalue weighted by molar-refractivity contribution is -0.114. The minimum atomic E-state index is -3.67. The number of esters is 1. The minimum Gasteiger partial charge on any atom is -0.495 e. The summed E-state index contributed by atoms with van der Waals surface area (Å²) in [6.07, 6.45) is 0. The maximum Gasteiger partial charge on any atom is 0.339 e. The van der Waals surface area contributed by atoms with Gasteiger partial charge in [0, 0.05) is 13.1 Å². The van der Waals surface area contributed by atoms with E-state index in [2.05, 4.69) is 10.6 Å². The van der Waals surface area contributed by atoms with Crippen molar-refractivity contribution in [1.29, 1.82) is 0 Å². The predicted octanol–water partition coefficient (Wildman–Crippen LogP) is 2.56. The van der Waals surface area contributed by atoms with Crippen molar-refractivity contribution in [2.75, 3.05) is 44.5 Å². The van der Waals surface area contributed by atoms with Gasteiger partial charge in [-0.1, -0.05) is 26.0 Å². The van der Waals surface area contributed by atoms with Crippen LogP contribution in [0.4, 0.5) is 11.4 Å². The van der Waals surface area contributed by atoms with Crippen LogP contribution in [-0.4, -0.2) is 58.5 Å². The van der Waals surface area contributed by atoms with E-state index in [1.165, 1.54) is 36.7 Å². The van der Waals surface area contributed by atoms with Gasteiger partial charge in [0.1, 0.15) is 5.75 Å². The SMILES string of the molecule is CCN(CC)S(=O)(=O)c1ccc(OC)c(NCC(=O)Nc2ccccc2C(=O)OC)c1. The van der Waals surface area contributed by atoms with Gasteiger partial charge < -0.3 is 20.1 Å². The van der Waals surface area contributed by atoms with E-state index in [1.807, 2.05) is 0 Å². The fourth-order valence-electron chi connectivity index (χ4n) is 2.95. The zero-order valence-corrected chi connectivity index (χ0v) is 18.8. The molecule has 10 heteroatoms. The molecule has 2 aromatic carbocycles. The molecule has 31 heavy (non-hydrogen) atoms. The Morgan fingerprint density at radius 1 is 1.00 bits per heavy atom. The first-order valence-electron chi connectivity index (χ1n) is 9.67. The minimum absolute atomic E-state index is 0.0935. The molecule has 0 fully saturated rings. The number of carbonyl (C=O) groups excluding carboxylic acids is 2. The largest absolute Gasteiger partial charge is 0.495 e. The Labute approximate surface area is 182 Å². The molecule has 0 aromatic heterocycles. The molecule has 0 saturated heterocycles. The summed E-state index contributed by atoms with van der Waals surface area (Å²) in [7, 11) is -0.960. The fraction of sp³-hybridized carbons (Fsp3) is 0.333. The first-order valence-corrected chi connectivity index (χ1v) is 11.1. The highest BCUT2D eigenvalue weighted by atomic mass is 32.2. The number of ether oxygens (including phenoxy) is 2. The van der Waals surface area contributed by atoms with Crippen LogP contribution in [0.3, 0.4) is 0 Å². The normalized spacial score (nSPS) is 11.1. The average Bonchev–Trinajstić information content (AvgIpc) is 2.77. The Morgan fingerprint density at radius 2 is 1.68 bits per heavy atom. The number of nitrogens with zero attached hydrogens (tertiary/aromatic N) is 1. The number of carbonyl (C=O) groups is 2. The zero-order chi connectivity index (χ0) is 23.0. The van der Waals surface area contributed by atoms with Gasteiger partial charge in [0.15, 0.2) is 0 Å². The maximum absolute atomic E-state index is 12.8. The van der Waals surface area contributed by atoms with Crippen LogP contribution in [0.25, 0.3) is 0 Å². The predicted molar refractivity (Wildman–Crippen MR) is 118 cm³/mol. The van der Waals surface area contributed by atoms with Gasteiger partial charge in [-0.2, -0.15) is 4.31 Å². The van der Waals surface area contributed by atoms with Crippen molar-refractivity contribution < 1.29 is 27.5 Å². The molecule has 2 aromatic rings. The van der Waals surface area contributed by atoms with Crippen molar-refractivity contribution in [1.82, 2.24) is 4.31 Å². The van der Waals surface area contributed by atoms with Crippen LogP contribution in [0.5, 0.6) is 5.75 Å². The molecule has 0 radical (unpaired) electrons. The summed E-state index contributed by atoms with van der Waals surface area (Å²) in [5.41, 5.74) is 0.890. The van der Waals surface area contributed by atoms with Crippen molar-refractivity contribution in [3.8, 4) is 5.75 Å². The molecular formula is C21H27N3O6S. The van der Waals surface area contributed by atoms with Crippen LogP contribution >= 0.6 is 0 Å². The number of para-hydroxylation sites is 1.